The van der Waals surface area contributed by atoms with Crippen LogP contribution in [0.15, 0.2) is 30.9 Å². The summed E-state index contributed by atoms with van der Waals surface area (Å²) in [5.41, 5.74) is 4.65. The average molecular weight is 354 g/mol. The minimum atomic E-state index is 0.717. The SMILES string of the molecule is Cc1cn2c(-c3cn[nH]c3)cnc2c(Nc2cc(CN(C)C)ns2)n1. The van der Waals surface area contributed by atoms with Crippen molar-refractivity contribution in [2.45, 2.75) is 13.5 Å². The van der Waals surface area contributed by atoms with Crippen molar-refractivity contribution in [1.82, 2.24) is 33.8 Å². The number of H-pyrrole nitrogens is 1. The number of aromatic nitrogens is 6. The number of fused-ring (bicyclic) bond motifs is 1. The zero-order chi connectivity index (χ0) is 17.4. The van der Waals surface area contributed by atoms with Crippen LogP contribution < -0.4 is 5.32 Å². The summed E-state index contributed by atoms with van der Waals surface area (Å²) in [5, 5.41) is 11.2. The highest BCUT2D eigenvalue weighted by Crippen LogP contribution is 2.27. The molecule has 9 heteroatoms. The van der Waals surface area contributed by atoms with Crippen LogP contribution in [0.2, 0.25) is 0 Å². The van der Waals surface area contributed by atoms with Crippen molar-refractivity contribution in [3.63, 3.8) is 0 Å². The van der Waals surface area contributed by atoms with Crippen LogP contribution in [-0.2, 0) is 6.54 Å². The molecule has 4 heterocycles. The van der Waals surface area contributed by atoms with E-state index in [9.17, 15) is 0 Å². The van der Waals surface area contributed by atoms with Gasteiger partial charge in [0.05, 0.1) is 29.5 Å². The van der Waals surface area contributed by atoms with Gasteiger partial charge in [-0.05, 0) is 38.6 Å². The first-order chi connectivity index (χ1) is 12.1. The molecule has 0 saturated carbocycles. The first kappa shape index (κ1) is 15.7. The molecule has 0 aliphatic heterocycles. The fourth-order valence-corrected chi connectivity index (χ4v) is 3.34. The Hall–Kier alpha value is -2.78. The maximum absolute atomic E-state index is 4.61. The zero-order valence-corrected chi connectivity index (χ0v) is 15.0. The fourth-order valence-electron chi connectivity index (χ4n) is 2.68. The molecule has 0 aromatic carbocycles. The van der Waals surface area contributed by atoms with E-state index >= 15 is 0 Å². The van der Waals surface area contributed by atoms with E-state index < -0.39 is 0 Å². The number of nitrogens with zero attached hydrogens (tertiary/aromatic N) is 6. The molecule has 0 aliphatic carbocycles. The van der Waals surface area contributed by atoms with Crippen LogP contribution in [0.1, 0.15) is 11.4 Å². The largest absolute Gasteiger partial charge is 0.328 e. The lowest BCUT2D eigenvalue weighted by Crippen LogP contribution is -2.10. The predicted molar refractivity (Wildman–Crippen MR) is 98.1 cm³/mol. The molecule has 0 unspecified atom stereocenters. The van der Waals surface area contributed by atoms with E-state index in [1.165, 1.54) is 11.5 Å². The summed E-state index contributed by atoms with van der Waals surface area (Å²) in [6, 6.07) is 2.05. The molecule has 0 bridgehead atoms. The van der Waals surface area contributed by atoms with E-state index in [0.29, 0.717) is 0 Å². The number of imidazole rings is 1. The van der Waals surface area contributed by atoms with Gasteiger partial charge in [0, 0.05) is 24.5 Å². The molecular weight excluding hydrogens is 336 g/mol. The van der Waals surface area contributed by atoms with E-state index in [4.69, 9.17) is 0 Å². The maximum atomic E-state index is 4.61. The predicted octanol–water partition coefficient (Wildman–Crippen LogP) is 2.69. The Bertz CT molecular complexity index is 999. The molecule has 2 N–H and O–H groups in total. The fraction of sp³-hybridized carbons (Fsp3) is 0.250. The molecule has 25 heavy (non-hydrogen) atoms. The molecular formula is C16H18N8S. The Morgan fingerprint density at radius 1 is 1.32 bits per heavy atom. The molecule has 4 aromatic rings. The quantitative estimate of drug-likeness (QED) is 0.573. The number of hydrogen-bond acceptors (Lipinski definition) is 7. The Balaban J connectivity index is 1.71. The van der Waals surface area contributed by atoms with Crippen LogP contribution in [-0.4, -0.2) is 47.9 Å². The van der Waals surface area contributed by atoms with Crippen molar-refractivity contribution in [2.24, 2.45) is 0 Å². The summed E-state index contributed by atoms with van der Waals surface area (Å²) in [6.07, 6.45) is 7.43. The topological polar surface area (TPSA) is 87.0 Å². The van der Waals surface area contributed by atoms with Gasteiger partial charge in [-0.15, -0.1) is 0 Å². The van der Waals surface area contributed by atoms with Crippen LogP contribution in [0.3, 0.4) is 0 Å². The molecule has 0 atom stereocenters. The first-order valence-electron chi connectivity index (χ1n) is 7.81. The van der Waals surface area contributed by atoms with Crippen molar-refractivity contribution in [3.05, 3.63) is 42.2 Å². The molecule has 4 rings (SSSR count). The van der Waals surface area contributed by atoms with E-state index in [1.54, 1.807) is 6.20 Å². The van der Waals surface area contributed by atoms with Gasteiger partial charge in [0.1, 0.15) is 5.00 Å². The molecule has 0 aliphatic rings. The van der Waals surface area contributed by atoms with Crippen LogP contribution >= 0.6 is 11.5 Å². The summed E-state index contributed by atoms with van der Waals surface area (Å²) < 4.78 is 6.50. The highest BCUT2D eigenvalue weighted by Gasteiger charge is 2.13. The third-order valence-corrected chi connectivity index (χ3v) is 4.43. The third-order valence-electron chi connectivity index (χ3n) is 3.69. The Labute approximate surface area is 148 Å². The van der Waals surface area contributed by atoms with E-state index in [0.717, 1.165) is 45.7 Å². The van der Waals surface area contributed by atoms with Gasteiger partial charge in [0.25, 0.3) is 0 Å². The van der Waals surface area contributed by atoms with Crippen LogP contribution in [0.5, 0.6) is 0 Å². The number of rotatable bonds is 5. The summed E-state index contributed by atoms with van der Waals surface area (Å²) in [6.45, 7) is 2.77. The maximum Gasteiger partial charge on any atom is 0.180 e. The highest BCUT2D eigenvalue weighted by atomic mass is 32.1. The van der Waals surface area contributed by atoms with Crippen molar-refractivity contribution in [3.8, 4) is 11.3 Å². The van der Waals surface area contributed by atoms with Crippen molar-refractivity contribution in [1.29, 1.82) is 0 Å². The number of anilines is 2. The first-order valence-corrected chi connectivity index (χ1v) is 8.58. The third kappa shape index (κ3) is 3.11. The Morgan fingerprint density at radius 3 is 2.96 bits per heavy atom. The average Bonchev–Trinajstić information content (AvgIpc) is 3.26. The second kappa shape index (κ2) is 6.26. The zero-order valence-electron chi connectivity index (χ0n) is 14.2. The van der Waals surface area contributed by atoms with Crippen LogP contribution in [0.25, 0.3) is 16.9 Å². The van der Waals surface area contributed by atoms with Gasteiger partial charge in [-0.25, -0.2) is 9.97 Å². The van der Waals surface area contributed by atoms with Gasteiger partial charge < -0.3 is 10.2 Å². The summed E-state index contributed by atoms with van der Waals surface area (Å²) >= 11 is 1.43. The lowest BCUT2D eigenvalue weighted by molar-refractivity contribution is 0.398. The minimum Gasteiger partial charge on any atom is -0.328 e. The van der Waals surface area contributed by atoms with Crippen molar-refractivity contribution in [2.75, 3.05) is 19.4 Å². The van der Waals surface area contributed by atoms with Crippen LogP contribution in [0, 0.1) is 6.92 Å². The van der Waals surface area contributed by atoms with Gasteiger partial charge in [-0.1, -0.05) is 0 Å². The van der Waals surface area contributed by atoms with Gasteiger partial charge in [0.2, 0.25) is 0 Å². The number of aromatic amines is 1. The molecule has 128 valence electrons. The number of hydrogen-bond donors (Lipinski definition) is 2. The standard InChI is InChI=1S/C16H18N8S/c1-10-8-24-13(11-5-18-19-6-11)7-17-16(24)15(20-10)21-14-4-12(22-25-14)9-23(2)3/h4-8H,9H2,1-3H3,(H,18,19)(H,20,21). The molecule has 4 aromatic heterocycles. The lowest BCUT2D eigenvalue weighted by Gasteiger charge is -2.07. The van der Waals surface area contributed by atoms with E-state index in [-0.39, 0.29) is 0 Å². The van der Waals surface area contributed by atoms with Crippen molar-refractivity contribution >= 4 is 28.0 Å². The molecule has 8 nitrogen and oxygen atoms in total. The van der Waals surface area contributed by atoms with Crippen molar-refractivity contribution < 1.29 is 0 Å². The van der Waals surface area contributed by atoms with Crippen LogP contribution in [0.4, 0.5) is 10.8 Å². The molecule has 0 radical (unpaired) electrons. The Morgan fingerprint density at radius 2 is 2.20 bits per heavy atom. The van der Waals surface area contributed by atoms with Gasteiger partial charge in [0.15, 0.2) is 11.5 Å². The molecule has 0 fully saturated rings. The lowest BCUT2D eigenvalue weighted by atomic mass is 10.3. The summed E-state index contributed by atoms with van der Waals surface area (Å²) in [5.74, 6) is 0.717. The normalized spacial score (nSPS) is 11.5. The highest BCUT2D eigenvalue weighted by molar-refractivity contribution is 7.10. The van der Waals surface area contributed by atoms with E-state index in [1.807, 2.05) is 50.1 Å². The smallest absolute Gasteiger partial charge is 0.180 e. The minimum absolute atomic E-state index is 0.717. The summed E-state index contributed by atoms with van der Waals surface area (Å²) in [7, 11) is 4.06. The van der Waals surface area contributed by atoms with Gasteiger partial charge in [-0.2, -0.15) is 9.47 Å². The summed E-state index contributed by atoms with van der Waals surface area (Å²) in [4.78, 5) is 11.2. The molecule has 0 spiro atoms. The van der Waals surface area contributed by atoms with Gasteiger partial charge in [-0.3, -0.25) is 9.50 Å². The second-order valence-electron chi connectivity index (χ2n) is 6.10. The number of aryl methyl sites for hydroxylation is 1. The van der Waals surface area contributed by atoms with E-state index in [2.05, 4.69) is 34.8 Å². The molecule has 0 amide bonds. The second-order valence-corrected chi connectivity index (χ2v) is 6.91. The van der Waals surface area contributed by atoms with Gasteiger partial charge >= 0.3 is 0 Å². The number of nitrogens with one attached hydrogen (secondary N) is 2. The molecule has 0 saturated heterocycles. The Kier molecular flexibility index (Phi) is 3.94. The monoisotopic (exact) mass is 354 g/mol.